The fourth-order valence-corrected chi connectivity index (χ4v) is 3.52. The van der Waals surface area contributed by atoms with Crippen LogP contribution in [0.5, 0.6) is 0 Å². The predicted octanol–water partition coefficient (Wildman–Crippen LogP) is 3.33. The Morgan fingerprint density at radius 2 is 1.88 bits per heavy atom. The van der Waals surface area contributed by atoms with Gasteiger partial charge in [0.25, 0.3) is 0 Å². The first kappa shape index (κ1) is 22.0. The first-order valence-electron chi connectivity index (χ1n) is 9.52. The van der Waals surface area contributed by atoms with Crippen molar-refractivity contribution in [2.24, 2.45) is 10.9 Å². The molecule has 1 heterocycles. The van der Waals surface area contributed by atoms with Crippen LogP contribution in [0, 0.1) is 5.92 Å². The van der Waals surface area contributed by atoms with E-state index in [0.717, 1.165) is 44.6 Å². The van der Waals surface area contributed by atoms with Gasteiger partial charge in [0.15, 0.2) is 5.96 Å². The number of hydrogen-bond acceptors (Lipinski definition) is 3. The number of nitrogens with one attached hydrogen (secondary N) is 2. The SMILES string of the molecule is CN=C(NCCCCC1CCCC1)NCCOCC1CCCO1.I. The molecule has 0 radical (unpaired) electrons. The van der Waals surface area contributed by atoms with Crippen molar-refractivity contribution in [1.82, 2.24) is 10.6 Å². The van der Waals surface area contributed by atoms with E-state index in [4.69, 9.17) is 9.47 Å². The normalized spacial score (nSPS) is 21.7. The van der Waals surface area contributed by atoms with Gasteiger partial charge in [-0.2, -0.15) is 0 Å². The van der Waals surface area contributed by atoms with E-state index in [1.807, 2.05) is 7.05 Å². The fourth-order valence-electron chi connectivity index (χ4n) is 3.52. The van der Waals surface area contributed by atoms with Gasteiger partial charge in [-0.15, -0.1) is 24.0 Å². The van der Waals surface area contributed by atoms with Gasteiger partial charge in [-0.1, -0.05) is 38.5 Å². The largest absolute Gasteiger partial charge is 0.377 e. The second-order valence-corrected chi connectivity index (χ2v) is 6.78. The van der Waals surface area contributed by atoms with Crippen LogP contribution < -0.4 is 10.6 Å². The fraction of sp³-hybridized carbons (Fsp3) is 0.944. The standard InChI is InChI=1S/C18H35N3O2.HI/c1-19-18(20-11-5-4-9-16-7-2-3-8-16)21-12-14-22-15-17-10-6-13-23-17;/h16-17H,2-15H2,1H3,(H2,19,20,21);1H. The summed E-state index contributed by atoms with van der Waals surface area (Å²) in [5.41, 5.74) is 0. The molecule has 24 heavy (non-hydrogen) atoms. The average molecular weight is 453 g/mol. The summed E-state index contributed by atoms with van der Waals surface area (Å²) in [6, 6.07) is 0. The highest BCUT2D eigenvalue weighted by Gasteiger charge is 2.15. The molecule has 0 aromatic rings. The predicted molar refractivity (Wildman–Crippen MR) is 110 cm³/mol. The number of unbranched alkanes of at least 4 members (excludes halogenated alkanes) is 1. The minimum Gasteiger partial charge on any atom is -0.377 e. The summed E-state index contributed by atoms with van der Waals surface area (Å²) in [4.78, 5) is 4.25. The van der Waals surface area contributed by atoms with Crippen molar-refractivity contribution in [2.75, 3.05) is 40.0 Å². The number of ether oxygens (including phenoxy) is 2. The highest BCUT2D eigenvalue weighted by atomic mass is 127. The maximum Gasteiger partial charge on any atom is 0.191 e. The third kappa shape index (κ3) is 9.42. The summed E-state index contributed by atoms with van der Waals surface area (Å²) in [6.07, 6.45) is 12.4. The highest BCUT2D eigenvalue weighted by Crippen LogP contribution is 2.28. The molecule has 2 N–H and O–H groups in total. The van der Waals surface area contributed by atoms with Crippen LogP contribution in [0.2, 0.25) is 0 Å². The first-order chi connectivity index (χ1) is 11.4. The van der Waals surface area contributed by atoms with Crippen LogP contribution in [0.1, 0.15) is 57.8 Å². The Labute approximate surface area is 164 Å². The number of nitrogens with zero attached hydrogens (tertiary/aromatic N) is 1. The Morgan fingerprint density at radius 1 is 1.08 bits per heavy atom. The highest BCUT2D eigenvalue weighted by molar-refractivity contribution is 14.0. The van der Waals surface area contributed by atoms with E-state index in [2.05, 4.69) is 15.6 Å². The zero-order chi connectivity index (χ0) is 16.2. The molecule has 1 aliphatic carbocycles. The van der Waals surface area contributed by atoms with Crippen molar-refractivity contribution in [2.45, 2.75) is 63.9 Å². The molecular weight excluding hydrogens is 417 g/mol. The number of rotatable bonds is 10. The summed E-state index contributed by atoms with van der Waals surface area (Å²) in [5.74, 6) is 1.89. The maximum absolute atomic E-state index is 5.64. The molecule has 2 fully saturated rings. The lowest BCUT2D eigenvalue weighted by atomic mass is 10.0. The van der Waals surface area contributed by atoms with Crippen molar-refractivity contribution in [3.8, 4) is 0 Å². The van der Waals surface area contributed by atoms with Gasteiger partial charge in [-0.05, 0) is 25.2 Å². The quantitative estimate of drug-likeness (QED) is 0.231. The van der Waals surface area contributed by atoms with E-state index in [1.54, 1.807) is 0 Å². The molecule has 6 heteroatoms. The van der Waals surface area contributed by atoms with E-state index >= 15 is 0 Å². The molecule has 1 atom stereocenters. The lowest BCUT2D eigenvalue weighted by Crippen LogP contribution is -2.39. The van der Waals surface area contributed by atoms with Crippen LogP contribution in [0.3, 0.4) is 0 Å². The van der Waals surface area contributed by atoms with Gasteiger partial charge < -0.3 is 20.1 Å². The lowest BCUT2D eigenvalue weighted by molar-refractivity contribution is 0.0191. The third-order valence-corrected chi connectivity index (χ3v) is 4.90. The number of halogens is 1. The molecule has 0 spiro atoms. The van der Waals surface area contributed by atoms with E-state index < -0.39 is 0 Å². The molecule has 1 saturated heterocycles. The second-order valence-electron chi connectivity index (χ2n) is 6.78. The summed E-state index contributed by atoms with van der Waals surface area (Å²) < 4.78 is 11.2. The number of hydrogen-bond donors (Lipinski definition) is 2. The molecule has 2 aliphatic rings. The molecule has 1 aliphatic heterocycles. The first-order valence-corrected chi connectivity index (χ1v) is 9.52. The summed E-state index contributed by atoms with van der Waals surface area (Å²) in [5, 5.41) is 6.69. The molecule has 5 nitrogen and oxygen atoms in total. The topological polar surface area (TPSA) is 54.9 Å². The minimum atomic E-state index is 0. The van der Waals surface area contributed by atoms with Crippen molar-refractivity contribution in [3.63, 3.8) is 0 Å². The van der Waals surface area contributed by atoms with Crippen molar-refractivity contribution in [1.29, 1.82) is 0 Å². The lowest BCUT2D eigenvalue weighted by Gasteiger charge is -2.14. The molecule has 1 saturated carbocycles. The molecule has 0 amide bonds. The second kappa shape index (κ2) is 14.1. The Kier molecular flexibility index (Phi) is 12.9. The zero-order valence-electron chi connectivity index (χ0n) is 15.2. The van der Waals surface area contributed by atoms with Crippen molar-refractivity contribution >= 4 is 29.9 Å². The number of guanidine groups is 1. The maximum atomic E-state index is 5.64. The molecule has 142 valence electrons. The summed E-state index contributed by atoms with van der Waals surface area (Å²) in [7, 11) is 1.82. The molecule has 1 unspecified atom stereocenters. The van der Waals surface area contributed by atoms with Gasteiger partial charge in [0.2, 0.25) is 0 Å². The van der Waals surface area contributed by atoms with Crippen molar-refractivity contribution in [3.05, 3.63) is 0 Å². The third-order valence-electron chi connectivity index (χ3n) is 4.90. The van der Waals surface area contributed by atoms with Crippen LogP contribution in [-0.2, 0) is 9.47 Å². The van der Waals surface area contributed by atoms with E-state index in [1.165, 1.54) is 51.4 Å². The molecular formula is C18H36IN3O2. The van der Waals surface area contributed by atoms with Crippen molar-refractivity contribution < 1.29 is 9.47 Å². The Bertz CT molecular complexity index is 302. The zero-order valence-corrected chi connectivity index (χ0v) is 17.6. The molecule has 0 aromatic carbocycles. The Morgan fingerprint density at radius 3 is 2.58 bits per heavy atom. The molecule has 0 bridgehead atoms. The van der Waals surface area contributed by atoms with E-state index in [-0.39, 0.29) is 24.0 Å². The van der Waals surface area contributed by atoms with Gasteiger partial charge in [-0.3, -0.25) is 4.99 Å². The van der Waals surface area contributed by atoms with Crippen LogP contribution in [0.25, 0.3) is 0 Å². The van der Waals surface area contributed by atoms with Gasteiger partial charge in [0.1, 0.15) is 0 Å². The Balaban J connectivity index is 0.00000288. The van der Waals surface area contributed by atoms with E-state index in [9.17, 15) is 0 Å². The van der Waals surface area contributed by atoms with Gasteiger partial charge in [0.05, 0.1) is 19.3 Å². The van der Waals surface area contributed by atoms with E-state index in [0.29, 0.717) is 12.7 Å². The Hall–Kier alpha value is -0.0800. The molecule has 0 aromatic heterocycles. The van der Waals surface area contributed by atoms with Gasteiger partial charge in [-0.25, -0.2) is 0 Å². The van der Waals surface area contributed by atoms with Crippen LogP contribution in [0.4, 0.5) is 0 Å². The van der Waals surface area contributed by atoms with Crippen LogP contribution >= 0.6 is 24.0 Å². The van der Waals surface area contributed by atoms with Gasteiger partial charge in [0, 0.05) is 26.7 Å². The summed E-state index contributed by atoms with van der Waals surface area (Å²) in [6.45, 7) is 4.10. The van der Waals surface area contributed by atoms with Crippen LogP contribution in [0.15, 0.2) is 4.99 Å². The smallest absolute Gasteiger partial charge is 0.191 e. The summed E-state index contributed by atoms with van der Waals surface area (Å²) >= 11 is 0. The van der Waals surface area contributed by atoms with Gasteiger partial charge >= 0.3 is 0 Å². The van der Waals surface area contributed by atoms with Crippen LogP contribution in [-0.4, -0.2) is 52.0 Å². The molecule has 2 rings (SSSR count). The number of aliphatic imine (C=N–C) groups is 1. The average Bonchev–Trinajstić information content (AvgIpc) is 3.26. The monoisotopic (exact) mass is 453 g/mol. The minimum absolute atomic E-state index is 0.